The molecule has 0 bridgehead atoms. The van der Waals surface area contributed by atoms with Gasteiger partial charge in [-0.2, -0.15) is 0 Å². The Labute approximate surface area is 154 Å². The van der Waals surface area contributed by atoms with Gasteiger partial charge in [0.1, 0.15) is 0 Å². The van der Waals surface area contributed by atoms with Crippen LogP contribution in [0, 0.1) is 10.1 Å². The standard InChI is InChI=1S/C21H15N3O3/c25-21-19(17-13-16(24(26)27)11-12-18(17)23-21)20(14-7-3-1-4-8-14)22-15-9-5-2-6-10-15/h1-13,23,25H. The summed E-state index contributed by atoms with van der Waals surface area (Å²) in [5.74, 6) is -0.0796. The topological polar surface area (TPSA) is 91.5 Å². The monoisotopic (exact) mass is 357 g/mol. The molecule has 0 aliphatic carbocycles. The SMILES string of the molecule is O=[N+]([O-])c1ccc2[nH]c(O)c(C(=Nc3ccccc3)c3ccccc3)c2c1. The van der Waals surface area contributed by atoms with Gasteiger partial charge in [0.2, 0.25) is 0 Å². The minimum Gasteiger partial charge on any atom is -0.494 e. The van der Waals surface area contributed by atoms with Crippen molar-refractivity contribution < 1.29 is 10.0 Å². The lowest BCUT2D eigenvalue weighted by Gasteiger charge is -2.07. The van der Waals surface area contributed by atoms with Crippen LogP contribution in [0.1, 0.15) is 11.1 Å². The Kier molecular flexibility index (Phi) is 4.14. The number of nitrogens with one attached hydrogen (secondary N) is 1. The van der Waals surface area contributed by atoms with Crippen LogP contribution in [-0.4, -0.2) is 20.7 Å². The average molecular weight is 357 g/mol. The number of aromatic amines is 1. The molecule has 0 spiro atoms. The van der Waals surface area contributed by atoms with Gasteiger partial charge in [-0.05, 0) is 18.2 Å². The molecule has 1 heterocycles. The predicted molar refractivity (Wildman–Crippen MR) is 105 cm³/mol. The van der Waals surface area contributed by atoms with Gasteiger partial charge in [0, 0.05) is 28.6 Å². The van der Waals surface area contributed by atoms with E-state index in [1.807, 2.05) is 60.7 Å². The summed E-state index contributed by atoms with van der Waals surface area (Å²) >= 11 is 0. The van der Waals surface area contributed by atoms with Crippen molar-refractivity contribution in [1.82, 2.24) is 4.98 Å². The van der Waals surface area contributed by atoms with E-state index in [9.17, 15) is 15.2 Å². The summed E-state index contributed by atoms with van der Waals surface area (Å²) in [5, 5.41) is 22.3. The lowest BCUT2D eigenvalue weighted by Crippen LogP contribution is -2.03. The minimum absolute atomic E-state index is 0.0464. The number of benzene rings is 3. The van der Waals surface area contributed by atoms with Crippen LogP contribution >= 0.6 is 0 Å². The van der Waals surface area contributed by atoms with E-state index in [4.69, 9.17) is 4.99 Å². The summed E-state index contributed by atoms with van der Waals surface area (Å²) in [6, 6.07) is 23.2. The van der Waals surface area contributed by atoms with E-state index >= 15 is 0 Å². The Morgan fingerprint density at radius 2 is 1.63 bits per heavy atom. The number of hydrogen-bond acceptors (Lipinski definition) is 4. The Balaban J connectivity index is 2.01. The maximum atomic E-state index is 11.2. The molecule has 0 fully saturated rings. The van der Waals surface area contributed by atoms with Gasteiger partial charge >= 0.3 is 0 Å². The highest BCUT2D eigenvalue weighted by Gasteiger charge is 2.20. The van der Waals surface area contributed by atoms with Gasteiger partial charge < -0.3 is 10.1 Å². The molecule has 132 valence electrons. The molecule has 0 amide bonds. The first kappa shape index (κ1) is 16.5. The number of nitro groups is 1. The molecule has 0 unspecified atom stereocenters. The molecule has 3 aromatic carbocycles. The number of rotatable bonds is 4. The maximum Gasteiger partial charge on any atom is 0.270 e. The average Bonchev–Trinajstić information content (AvgIpc) is 3.02. The largest absolute Gasteiger partial charge is 0.494 e. The third-order valence-corrected chi connectivity index (χ3v) is 4.25. The van der Waals surface area contributed by atoms with Crippen LogP contribution in [-0.2, 0) is 0 Å². The molecule has 0 aliphatic rings. The molecule has 4 aromatic rings. The molecule has 0 saturated carbocycles. The van der Waals surface area contributed by atoms with E-state index in [0.29, 0.717) is 22.2 Å². The summed E-state index contributed by atoms with van der Waals surface area (Å²) in [7, 11) is 0. The first-order valence-corrected chi connectivity index (χ1v) is 8.32. The van der Waals surface area contributed by atoms with Crippen LogP contribution in [0.2, 0.25) is 0 Å². The van der Waals surface area contributed by atoms with Gasteiger partial charge in [0.25, 0.3) is 5.69 Å². The molecule has 6 nitrogen and oxygen atoms in total. The van der Waals surface area contributed by atoms with Crippen molar-refractivity contribution >= 4 is 28.0 Å². The molecule has 0 atom stereocenters. The molecule has 1 aromatic heterocycles. The van der Waals surface area contributed by atoms with Crippen molar-refractivity contribution in [2.75, 3.05) is 0 Å². The second-order valence-electron chi connectivity index (χ2n) is 6.00. The smallest absolute Gasteiger partial charge is 0.270 e. The predicted octanol–water partition coefficient (Wildman–Crippen LogP) is 4.95. The van der Waals surface area contributed by atoms with E-state index in [0.717, 1.165) is 11.3 Å². The van der Waals surface area contributed by atoms with Crippen LogP contribution in [0.15, 0.2) is 83.9 Å². The fourth-order valence-electron chi connectivity index (χ4n) is 3.01. The van der Waals surface area contributed by atoms with E-state index in [1.54, 1.807) is 6.07 Å². The van der Waals surface area contributed by atoms with Crippen molar-refractivity contribution in [2.24, 2.45) is 4.99 Å². The van der Waals surface area contributed by atoms with Crippen LogP contribution in [0.5, 0.6) is 5.88 Å². The highest BCUT2D eigenvalue weighted by molar-refractivity contribution is 6.22. The fraction of sp³-hybridized carbons (Fsp3) is 0. The Hall–Kier alpha value is -3.93. The number of non-ortho nitro benzene ring substituents is 1. The molecule has 27 heavy (non-hydrogen) atoms. The number of hydrogen-bond donors (Lipinski definition) is 2. The van der Waals surface area contributed by atoms with E-state index < -0.39 is 4.92 Å². The van der Waals surface area contributed by atoms with Gasteiger partial charge in [-0.25, -0.2) is 4.99 Å². The van der Waals surface area contributed by atoms with Crippen LogP contribution in [0.4, 0.5) is 11.4 Å². The summed E-state index contributed by atoms with van der Waals surface area (Å²) in [6.45, 7) is 0. The van der Waals surface area contributed by atoms with Crippen LogP contribution in [0.3, 0.4) is 0 Å². The minimum atomic E-state index is -0.455. The summed E-state index contributed by atoms with van der Waals surface area (Å²) < 4.78 is 0. The van der Waals surface area contributed by atoms with Gasteiger partial charge in [0.05, 0.1) is 21.9 Å². The van der Waals surface area contributed by atoms with Crippen LogP contribution in [0.25, 0.3) is 10.9 Å². The zero-order valence-corrected chi connectivity index (χ0v) is 14.2. The number of H-pyrrole nitrogens is 1. The molecular formula is C21H15N3O3. The number of aromatic nitrogens is 1. The van der Waals surface area contributed by atoms with E-state index in [1.165, 1.54) is 12.1 Å². The molecular weight excluding hydrogens is 342 g/mol. The van der Waals surface area contributed by atoms with Crippen molar-refractivity contribution in [2.45, 2.75) is 0 Å². The number of fused-ring (bicyclic) bond motifs is 1. The van der Waals surface area contributed by atoms with Crippen molar-refractivity contribution in [3.8, 4) is 5.88 Å². The third kappa shape index (κ3) is 3.16. The zero-order valence-electron chi connectivity index (χ0n) is 14.2. The number of aliphatic imine (C=N–C) groups is 1. The third-order valence-electron chi connectivity index (χ3n) is 4.25. The second kappa shape index (κ2) is 6.76. The summed E-state index contributed by atoms with van der Waals surface area (Å²) in [4.78, 5) is 18.3. The number of para-hydroxylation sites is 1. The zero-order chi connectivity index (χ0) is 18.8. The fourth-order valence-corrected chi connectivity index (χ4v) is 3.01. The highest BCUT2D eigenvalue weighted by atomic mass is 16.6. The number of nitro benzene ring substituents is 1. The van der Waals surface area contributed by atoms with Gasteiger partial charge in [0.15, 0.2) is 5.88 Å². The molecule has 6 heteroatoms. The maximum absolute atomic E-state index is 11.2. The van der Waals surface area contributed by atoms with E-state index in [-0.39, 0.29) is 11.6 Å². The first-order valence-electron chi connectivity index (χ1n) is 8.32. The molecule has 0 saturated heterocycles. The van der Waals surface area contributed by atoms with Gasteiger partial charge in [-0.3, -0.25) is 10.1 Å². The molecule has 0 radical (unpaired) electrons. The van der Waals surface area contributed by atoms with Crippen LogP contribution < -0.4 is 0 Å². The Morgan fingerprint density at radius 3 is 2.30 bits per heavy atom. The quantitative estimate of drug-likeness (QED) is 0.307. The highest BCUT2D eigenvalue weighted by Crippen LogP contribution is 2.33. The lowest BCUT2D eigenvalue weighted by atomic mass is 10.0. The second-order valence-corrected chi connectivity index (χ2v) is 6.00. The molecule has 0 aliphatic heterocycles. The van der Waals surface area contributed by atoms with Crippen molar-refractivity contribution in [3.05, 3.63) is 100 Å². The molecule has 4 rings (SSSR count). The summed E-state index contributed by atoms with van der Waals surface area (Å²) in [6.07, 6.45) is 0. The van der Waals surface area contributed by atoms with Gasteiger partial charge in [-0.15, -0.1) is 0 Å². The summed E-state index contributed by atoms with van der Waals surface area (Å²) in [5.41, 5.74) is 3.04. The van der Waals surface area contributed by atoms with Gasteiger partial charge in [-0.1, -0.05) is 48.5 Å². The Morgan fingerprint density at radius 1 is 0.963 bits per heavy atom. The van der Waals surface area contributed by atoms with Crippen molar-refractivity contribution in [3.63, 3.8) is 0 Å². The molecule has 2 N–H and O–H groups in total. The number of aromatic hydroxyl groups is 1. The van der Waals surface area contributed by atoms with E-state index in [2.05, 4.69) is 4.98 Å². The Bertz CT molecular complexity index is 1150. The first-order chi connectivity index (χ1) is 13.1. The lowest BCUT2D eigenvalue weighted by molar-refractivity contribution is -0.384. The normalized spacial score (nSPS) is 11.6. The number of nitrogens with zero attached hydrogens (tertiary/aromatic N) is 2. The van der Waals surface area contributed by atoms with Crippen molar-refractivity contribution in [1.29, 1.82) is 0 Å².